The van der Waals surface area contributed by atoms with Gasteiger partial charge < -0.3 is 24.3 Å². The number of rotatable bonds is 16. The van der Waals surface area contributed by atoms with E-state index in [4.69, 9.17) is 18.1 Å². The minimum absolute atomic E-state index is 0.0533. The lowest BCUT2D eigenvalue weighted by atomic mass is 10.1. The summed E-state index contributed by atoms with van der Waals surface area (Å²) < 4.78 is 28.5. The number of unbranched alkanes of at least 4 members (excludes halogenated alkanes) is 2. The smallest absolute Gasteiger partial charge is 0.445 e. The maximum Gasteiger partial charge on any atom is 0.549 e. The molecule has 3 saturated heterocycles. The SMILES string of the molecule is CCO[Si]1(CCCNC(=O)CCCCCN(C)C(=O)[C@@H]2CCCN2C(=O)[C@@H]2CCCN2C(=O)OCc2ccccc2)C(C)C1C.O=[Si]=O. The van der Waals surface area contributed by atoms with Crippen LogP contribution in [0, 0.1) is 0 Å². The molecule has 0 aromatic heterocycles. The first-order valence-corrected chi connectivity index (χ1v) is 20.6. The van der Waals surface area contributed by atoms with Gasteiger partial charge in [-0.3, -0.25) is 28.2 Å². The molecular weight excluding hydrogens is 649 g/mol. The Kier molecular flexibility index (Phi) is 16.2. The Bertz CT molecular complexity index is 1240. The number of hydrogen-bond acceptors (Lipinski definition) is 8. The Morgan fingerprint density at radius 3 is 2.23 bits per heavy atom. The number of carbonyl (C=O) groups is 4. The molecule has 3 aliphatic heterocycles. The van der Waals surface area contributed by atoms with Gasteiger partial charge in [-0.25, -0.2) is 4.79 Å². The van der Waals surface area contributed by atoms with Crippen LogP contribution < -0.4 is 5.32 Å². The first-order valence-electron chi connectivity index (χ1n) is 17.5. The zero-order chi connectivity index (χ0) is 35.1. The largest absolute Gasteiger partial charge is 0.549 e. The van der Waals surface area contributed by atoms with Gasteiger partial charge in [0.25, 0.3) is 0 Å². The predicted octanol–water partition coefficient (Wildman–Crippen LogP) is 4.46. The fourth-order valence-corrected chi connectivity index (χ4v) is 12.3. The highest BCUT2D eigenvalue weighted by atomic mass is 28.4. The van der Waals surface area contributed by atoms with E-state index in [9.17, 15) is 19.2 Å². The molecule has 48 heavy (non-hydrogen) atoms. The molecule has 266 valence electrons. The lowest BCUT2D eigenvalue weighted by Gasteiger charge is -2.32. The minimum Gasteiger partial charge on any atom is -0.445 e. The molecule has 0 saturated carbocycles. The zero-order valence-electron chi connectivity index (χ0n) is 29.1. The van der Waals surface area contributed by atoms with E-state index in [-0.39, 0.29) is 24.3 Å². The van der Waals surface area contributed by atoms with Crippen molar-refractivity contribution in [1.82, 2.24) is 20.0 Å². The quantitative estimate of drug-likeness (QED) is 0.197. The second kappa shape index (κ2) is 19.8. The number of hydrogen-bond donors (Lipinski definition) is 1. The number of amides is 4. The summed E-state index contributed by atoms with van der Waals surface area (Å²) in [4.78, 5) is 57.1. The van der Waals surface area contributed by atoms with Crippen molar-refractivity contribution in [1.29, 1.82) is 0 Å². The molecule has 4 rings (SSSR count). The Morgan fingerprint density at radius 2 is 1.58 bits per heavy atom. The highest BCUT2D eigenvalue weighted by Crippen LogP contribution is 2.61. The molecule has 14 heteroatoms. The normalized spacial score (nSPS) is 24.2. The molecule has 2 unspecified atom stereocenters. The molecule has 1 aromatic carbocycles. The molecule has 0 bridgehead atoms. The molecule has 1 N–H and O–H groups in total. The van der Waals surface area contributed by atoms with Crippen LogP contribution in [0.5, 0.6) is 0 Å². The van der Waals surface area contributed by atoms with Crippen molar-refractivity contribution in [3.63, 3.8) is 0 Å². The van der Waals surface area contributed by atoms with Gasteiger partial charge in [0.05, 0.1) is 0 Å². The molecule has 0 radical (unpaired) electrons. The van der Waals surface area contributed by atoms with Crippen molar-refractivity contribution in [2.24, 2.45) is 0 Å². The lowest BCUT2D eigenvalue weighted by Crippen LogP contribution is -2.53. The summed E-state index contributed by atoms with van der Waals surface area (Å²) in [5.74, 6) is -0.119. The molecule has 0 aliphatic carbocycles. The van der Waals surface area contributed by atoms with Crippen molar-refractivity contribution in [3.8, 4) is 0 Å². The summed E-state index contributed by atoms with van der Waals surface area (Å²) in [5, 5.41) is 3.07. The van der Waals surface area contributed by atoms with E-state index in [1.54, 1.807) is 16.8 Å². The van der Waals surface area contributed by atoms with Gasteiger partial charge in [-0.1, -0.05) is 50.6 Å². The molecule has 0 spiro atoms. The van der Waals surface area contributed by atoms with E-state index in [0.717, 1.165) is 56.7 Å². The highest BCUT2D eigenvalue weighted by molar-refractivity contribution is 6.87. The van der Waals surface area contributed by atoms with E-state index in [1.165, 1.54) is 4.90 Å². The summed E-state index contributed by atoms with van der Waals surface area (Å²) in [6, 6.07) is 9.51. The number of carbonyl (C=O) groups excluding carboxylic acids is 4. The molecular formula is C34H54N4O8Si2. The third-order valence-corrected chi connectivity index (χ3v) is 15.9. The van der Waals surface area contributed by atoms with E-state index >= 15 is 0 Å². The van der Waals surface area contributed by atoms with Crippen LogP contribution in [0.2, 0.25) is 17.1 Å². The third-order valence-electron chi connectivity index (χ3n) is 10.2. The summed E-state index contributed by atoms with van der Waals surface area (Å²) in [6.45, 7) is 9.92. The first-order chi connectivity index (χ1) is 23.1. The van der Waals surface area contributed by atoms with E-state index in [1.807, 2.05) is 30.3 Å². The molecule has 3 heterocycles. The second-order valence-corrected chi connectivity index (χ2v) is 17.8. The topological polar surface area (TPSA) is 143 Å². The van der Waals surface area contributed by atoms with Gasteiger partial charge in [0.2, 0.25) is 17.7 Å². The van der Waals surface area contributed by atoms with Crippen LogP contribution >= 0.6 is 0 Å². The van der Waals surface area contributed by atoms with Crippen molar-refractivity contribution in [3.05, 3.63) is 35.9 Å². The molecule has 4 atom stereocenters. The average molecular weight is 703 g/mol. The van der Waals surface area contributed by atoms with E-state index in [2.05, 4.69) is 26.1 Å². The summed E-state index contributed by atoms with van der Waals surface area (Å²) in [6.07, 6.45) is 6.15. The standard InChI is InChI=1S/C34H54N4O6Si.O2Si/c1-5-44-45(26(2)27(45)3)24-14-20-35-31(39)19-10-7-11-21-36(4)32(40)29-17-12-22-37(29)33(41)30-18-13-23-38(30)34(42)43-25-28-15-8-6-9-16-28;1-3-2/h6,8-9,15-16,26-27,29-30H,5,7,10-14,17-25H2,1-4H3,(H,35,39);/t26?,27?,29-,30-,45?;/m0./s1. The number of benzene rings is 1. The van der Waals surface area contributed by atoms with Crippen LogP contribution in [0.1, 0.15) is 84.1 Å². The maximum atomic E-state index is 13.6. The zero-order valence-corrected chi connectivity index (χ0v) is 31.1. The summed E-state index contributed by atoms with van der Waals surface area (Å²) >= 11 is 0. The highest BCUT2D eigenvalue weighted by Gasteiger charge is 2.62. The average Bonchev–Trinajstić information content (AvgIpc) is 3.57. The van der Waals surface area contributed by atoms with Gasteiger partial charge in [0, 0.05) is 46.3 Å². The van der Waals surface area contributed by atoms with Gasteiger partial charge in [-0.2, -0.15) is 0 Å². The van der Waals surface area contributed by atoms with E-state index < -0.39 is 35.8 Å². The number of nitrogens with one attached hydrogen (secondary N) is 1. The molecule has 3 aliphatic rings. The van der Waals surface area contributed by atoms with Crippen molar-refractivity contribution >= 4 is 41.4 Å². The van der Waals surface area contributed by atoms with E-state index in [0.29, 0.717) is 56.5 Å². The van der Waals surface area contributed by atoms with Gasteiger partial charge >= 0.3 is 15.4 Å². The molecule has 4 amide bonds. The fourth-order valence-electron chi connectivity index (χ4n) is 7.26. The van der Waals surface area contributed by atoms with Crippen LogP contribution in [0.4, 0.5) is 4.79 Å². The summed E-state index contributed by atoms with van der Waals surface area (Å²) in [7, 11) is -1.19. The Balaban J connectivity index is 0.00000201. The number of likely N-dealkylation sites (N-methyl/N-ethyl adjacent to an activating group) is 1. The Labute approximate surface area is 288 Å². The Hall–Kier alpha value is -3.11. The van der Waals surface area contributed by atoms with Gasteiger partial charge in [0.15, 0.2) is 8.32 Å². The first kappa shape index (κ1) is 39.3. The van der Waals surface area contributed by atoms with Gasteiger partial charge in [-0.05, 0) is 74.6 Å². The molecule has 3 fully saturated rings. The molecule has 12 nitrogen and oxygen atoms in total. The lowest BCUT2D eigenvalue weighted by molar-refractivity contribution is -0.145. The Morgan fingerprint density at radius 1 is 0.938 bits per heavy atom. The number of likely N-dealkylation sites (tertiary alicyclic amines) is 2. The minimum atomic E-state index is -1.56. The van der Waals surface area contributed by atoms with Crippen molar-refractivity contribution < 1.29 is 37.3 Å². The van der Waals surface area contributed by atoms with Gasteiger partial charge in [0.1, 0.15) is 18.7 Å². The second-order valence-electron chi connectivity index (χ2n) is 13.2. The predicted molar refractivity (Wildman–Crippen MR) is 183 cm³/mol. The van der Waals surface area contributed by atoms with Crippen LogP contribution in [0.25, 0.3) is 0 Å². The fraction of sp³-hybridized carbons (Fsp3) is 0.706. The van der Waals surface area contributed by atoms with Crippen LogP contribution in [0.3, 0.4) is 0 Å². The van der Waals surface area contributed by atoms with Gasteiger partial charge in [-0.15, -0.1) is 0 Å². The molecule has 1 aromatic rings. The third kappa shape index (κ3) is 10.7. The number of ether oxygens (including phenoxy) is 1. The van der Waals surface area contributed by atoms with Crippen LogP contribution in [-0.4, -0.2) is 108 Å². The maximum absolute atomic E-state index is 13.6. The monoisotopic (exact) mass is 702 g/mol. The summed E-state index contributed by atoms with van der Waals surface area (Å²) in [5.41, 5.74) is 2.33. The van der Waals surface area contributed by atoms with Crippen LogP contribution in [0.15, 0.2) is 30.3 Å². The van der Waals surface area contributed by atoms with Crippen molar-refractivity contribution in [2.45, 2.75) is 114 Å². The number of nitrogens with zero attached hydrogens (tertiary/aromatic N) is 3. The van der Waals surface area contributed by atoms with Crippen LogP contribution in [-0.2, 0) is 39.1 Å². The van der Waals surface area contributed by atoms with Crippen molar-refractivity contribution in [2.75, 3.05) is 39.8 Å².